The van der Waals surface area contributed by atoms with Gasteiger partial charge in [-0.3, -0.25) is 0 Å². The number of hydrogen-bond donors (Lipinski definition) is 1. The zero-order valence-corrected chi connectivity index (χ0v) is 9.93. The van der Waals surface area contributed by atoms with E-state index in [0.717, 1.165) is 12.8 Å². The summed E-state index contributed by atoms with van der Waals surface area (Å²) in [5, 5.41) is 9.26. The second kappa shape index (κ2) is 5.78. The zero-order valence-electron chi connectivity index (χ0n) is 9.93. The van der Waals surface area contributed by atoms with E-state index in [1.54, 1.807) is 18.2 Å². The maximum atomic E-state index is 12.8. The maximum absolute atomic E-state index is 12.8. The molecule has 1 aliphatic heterocycles. The minimum atomic E-state index is -0.911. The SMILES string of the molecule is O=C(O)/C(=C/c1ccc(F)cc1)C1CCOCC1. The normalized spacial score (nSPS) is 17.7. The average molecular weight is 250 g/mol. The van der Waals surface area contributed by atoms with Gasteiger partial charge in [-0.25, -0.2) is 9.18 Å². The third-order valence-electron chi connectivity index (χ3n) is 3.10. The molecular formula is C14H15FO3. The summed E-state index contributed by atoms with van der Waals surface area (Å²) in [4.78, 5) is 11.3. The highest BCUT2D eigenvalue weighted by atomic mass is 19.1. The molecule has 1 heterocycles. The lowest BCUT2D eigenvalue weighted by atomic mass is 9.90. The Morgan fingerprint density at radius 1 is 1.28 bits per heavy atom. The Balaban J connectivity index is 2.23. The lowest BCUT2D eigenvalue weighted by molar-refractivity contribution is -0.133. The topological polar surface area (TPSA) is 46.5 Å². The third kappa shape index (κ3) is 3.17. The second-order valence-corrected chi connectivity index (χ2v) is 4.34. The van der Waals surface area contributed by atoms with Gasteiger partial charge in [0.2, 0.25) is 0 Å². The number of benzene rings is 1. The van der Waals surface area contributed by atoms with Crippen LogP contribution in [0, 0.1) is 11.7 Å². The van der Waals surface area contributed by atoms with Crippen LogP contribution >= 0.6 is 0 Å². The van der Waals surface area contributed by atoms with Gasteiger partial charge in [0.15, 0.2) is 0 Å². The molecule has 0 unspecified atom stereocenters. The summed E-state index contributed by atoms with van der Waals surface area (Å²) in [6, 6.07) is 5.82. The van der Waals surface area contributed by atoms with Crippen molar-refractivity contribution >= 4 is 12.0 Å². The number of carbonyl (C=O) groups is 1. The molecule has 1 aromatic carbocycles. The van der Waals surface area contributed by atoms with E-state index in [1.807, 2.05) is 0 Å². The lowest BCUT2D eigenvalue weighted by Crippen LogP contribution is -2.21. The molecule has 0 radical (unpaired) electrons. The molecule has 0 atom stereocenters. The Hall–Kier alpha value is -1.68. The van der Waals surface area contributed by atoms with E-state index in [9.17, 15) is 14.3 Å². The van der Waals surface area contributed by atoms with Crippen LogP contribution in [0.2, 0.25) is 0 Å². The van der Waals surface area contributed by atoms with E-state index < -0.39 is 5.97 Å². The minimum Gasteiger partial charge on any atom is -0.478 e. The first-order valence-electron chi connectivity index (χ1n) is 5.95. The van der Waals surface area contributed by atoms with Gasteiger partial charge in [0.25, 0.3) is 0 Å². The van der Waals surface area contributed by atoms with Gasteiger partial charge < -0.3 is 9.84 Å². The van der Waals surface area contributed by atoms with Crippen molar-refractivity contribution in [2.24, 2.45) is 5.92 Å². The molecule has 0 bridgehead atoms. The van der Waals surface area contributed by atoms with Crippen molar-refractivity contribution in [1.29, 1.82) is 0 Å². The van der Waals surface area contributed by atoms with Gasteiger partial charge in [0.05, 0.1) is 0 Å². The van der Waals surface area contributed by atoms with E-state index in [2.05, 4.69) is 0 Å². The first kappa shape index (κ1) is 12.8. The Morgan fingerprint density at radius 3 is 2.44 bits per heavy atom. The van der Waals surface area contributed by atoms with Crippen LogP contribution in [0.5, 0.6) is 0 Å². The molecule has 1 saturated heterocycles. The van der Waals surface area contributed by atoms with Gasteiger partial charge in [0, 0.05) is 18.8 Å². The number of hydrogen-bond acceptors (Lipinski definition) is 2. The fourth-order valence-electron chi connectivity index (χ4n) is 2.10. The standard InChI is InChI=1S/C14H15FO3/c15-12-3-1-10(2-4-12)9-13(14(16)17)11-5-7-18-8-6-11/h1-4,9,11H,5-8H2,(H,16,17)/b13-9+. The highest BCUT2D eigenvalue weighted by molar-refractivity contribution is 5.92. The summed E-state index contributed by atoms with van der Waals surface area (Å²) in [5.41, 5.74) is 1.09. The van der Waals surface area contributed by atoms with E-state index in [1.165, 1.54) is 12.1 Å². The van der Waals surface area contributed by atoms with Crippen molar-refractivity contribution in [3.63, 3.8) is 0 Å². The first-order valence-corrected chi connectivity index (χ1v) is 5.95. The molecule has 0 saturated carbocycles. The first-order chi connectivity index (χ1) is 8.66. The van der Waals surface area contributed by atoms with Crippen LogP contribution in [0.25, 0.3) is 6.08 Å². The van der Waals surface area contributed by atoms with Crippen LogP contribution in [0.15, 0.2) is 29.8 Å². The van der Waals surface area contributed by atoms with Crippen LogP contribution in [-0.2, 0) is 9.53 Å². The molecule has 0 aliphatic carbocycles. The van der Waals surface area contributed by atoms with Gasteiger partial charge >= 0.3 is 5.97 Å². The summed E-state index contributed by atoms with van der Waals surface area (Å²) < 4.78 is 18.0. The van der Waals surface area contributed by atoms with Gasteiger partial charge in [-0.1, -0.05) is 12.1 Å². The van der Waals surface area contributed by atoms with E-state index in [0.29, 0.717) is 24.4 Å². The number of halogens is 1. The molecule has 0 aromatic heterocycles. The van der Waals surface area contributed by atoms with Crippen molar-refractivity contribution in [3.05, 3.63) is 41.2 Å². The quantitative estimate of drug-likeness (QED) is 0.839. The molecule has 2 rings (SSSR count). The smallest absolute Gasteiger partial charge is 0.331 e. The highest BCUT2D eigenvalue weighted by Gasteiger charge is 2.22. The maximum Gasteiger partial charge on any atom is 0.331 e. The van der Waals surface area contributed by atoms with Gasteiger partial charge in [-0.15, -0.1) is 0 Å². The molecule has 0 amide bonds. The van der Waals surface area contributed by atoms with Crippen LogP contribution < -0.4 is 0 Å². The van der Waals surface area contributed by atoms with E-state index in [4.69, 9.17) is 4.74 Å². The van der Waals surface area contributed by atoms with Crippen molar-refractivity contribution in [2.75, 3.05) is 13.2 Å². The predicted molar refractivity (Wildman–Crippen MR) is 65.6 cm³/mol. The number of carboxylic acid groups (broad SMARTS) is 1. The van der Waals surface area contributed by atoms with E-state index >= 15 is 0 Å². The molecule has 1 aromatic rings. The second-order valence-electron chi connectivity index (χ2n) is 4.34. The van der Waals surface area contributed by atoms with Crippen molar-refractivity contribution in [1.82, 2.24) is 0 Å². The van der Waals surface area contributed by atoms with Gasteiger partial charge in [0.1, 0.15) is 5.82 Å². The Kier molecular flexibility index (Phi) is 4.10. The molecule has 4 heteroatoms. The van der Waals surface area contributed by atoms with Crippen LogP contribution in [0.3, 0.4) is 0 Å². The summed E-state index contributed by atoms with van der Waals surface area (Å²) in [6.45, 7) is 1.19. The monoisotopic (exact) mass is 250 g/mol. The Bertz CT molecular complexity index is 445. The molecule has 96 valence electrons. The summed E-state index contributed by atoms with van der Waals surface area (Å²) in [5.74, 6) is -1.22. The number of ether oxygens (including phenoxy) is 1. The fourth-order valence-corrected chi connectivity index (χ4v) is 2.10. The molecule has 3 nitrogen and oxygen atoms in total. The fraction of sp³-hybridized carbons (Fsp3) is 0.357. The molecule has 1 aliphatic rings. The van der Waals surface area contributed by atoms with E-state index in [-0.39, 0.29) is 11.7 Å². The number of aliphatic carboxylic acids is 1. The Morgan fingerprint density at radius 2 is 1.89 bits per heavy atom. The van der Waals surface area contributed by atoms with Crippen LogP contribution in [0.1, 0.15) is 18.4 Å². The van der Waals surface area contributed by atoms with Crippen LogP contribution in [-0.4, -0.2) is 24.3 Å². The third-order valence-corrected chi connectivity index (χ3v) is 3.10. The van der Waals surface area contributed by atoms with Gasteiger partial charge in [-0.05, 0) is 42.5 Å². The van der Waals surface area contributed by atoms with Gasteiger partial charge in [-0.2, -0.15) is 0 Å². The molecular weight excluding hydrogens is 235 g/mol. The molecule has 1 fully saturated rings. The summed E-state index contributed by atoms with van der Waals surface area (Å²) >= 11 is 0. The summed E-state index contributed by atoms with van der Waals surface area (Å²) in [6.07, 6.45) is 3.07. The van der Waals surface area contributed by atoms with Crippen molar-refractivity contribution in [3.8, 4) is 0 Å². The highest BCUT2D eigenvalue weighted by Crippen LogP contribution is 2.25. The zero-order chi connectivity index (χ0) is 13.0. The van der Waals surface area contributed by atoms with Crippen LogP contribution in [0.4, 0.5) is 4.39 Å². The minimum absolute atomic E-state index is 0.0151. The summed E-state index contributed by atoms with van der Waals surface area (Å²) in [7, 11) is 0. The molecule has 0 spiro atoms. The number of rotatable bonds is 3. The Labute approximate surface area is 105 Å². The van der Waals surface area contributed by atoms with Crippen molar-refractivity contribution in [2.45, 2.75) is 12.8 Å². The lowest BCUT2D eigenvalue weighted by Gasteiger charge is -2.22. The predicted octanol–water partition coefficient (Wildman–Crippen LogP) is 2.72. The molecule has 1 N–H and O–H groups in total. The van der Waals surface area contributed by atoms with Crippen molar-refractivity contribution < 1.29 is 19.0 Å². The molecule has 18 heavy (non-hydrogen) atoms. The average Bonchev–Trinajstić information content (AvgIpc) is 2.38. The largest absolute Gasteiger partial charge is 0.478 e. The number of carboxylic acids is 1.